The van der Waals surface area contributed by atoms with Crippen molar-refractivity contribution in [1.29, 1.82) is 0 Å². The molecule has 0 spiro atoms. The number of benzene rings is 1. The molecule has 0 amide bonds. The van der Waals surface area contributed by atoms with Crippen LogP contribution in [-0.4, -0.2) is 23.4 Å². The van der Waals surface area contributed by atoms with Crippen LogP contribution in [0, 0.1) is 5.92 Å². The molecule has 3 nitrogen and oxygen atoms in total. The fraction of sp³-hybridized carbons (Fsp3) is 0.462. The minimum absolute atomic E-state index is 0.336. The van der Waals surface area contributed by atoms with Crippen LogP contribution in [0.5, 0.6) is 5.75 Å². The number of carboxylic acid groups (broad SMARTS) is 1. The van der Waals surface area contributed by atoms with Crippen LogP contribution in [0.4, 0.5) is 0 Å². The molecular formula is C13H18O3S. The maximum absolute atomic E-state index is 11.1. The van der Waals surface area contributed by atoms with E-state index in [-0.39, 0.29) is 0 Å². The molecule has 1 atom stereocenters. The molecule has 0 fully saturated rings. The first kappa shape index (κ1) is 13.9. The maximum Gasteiger partial charge on any atom is 0.336 e. The summed E-state index contributed by atoms with van der Waals surface area (Å²) in [5.74, 6) is 0.285. The summed E-state index contributed by atoms with van der Waals surface area (Å²) in [6.07, 6.45) is 0. The van der Waals surface area contributed by atoms with Crippen LogP contribution in [-0.2, 0) is 0 Å². The number of carboxylic acids is 1. The van der Waals surface area contributed by atoms with Gasteiger partial charge < -0.3 is 9.84 Å². The highest BCUT2D eigenvalue weighted by atomic mass is 32.2. The Hall–Kier alpha value is -1.16. The lowest BCUT2D eigenvalue weighted by molar-refractivity contribution is 0.0693. The largest absolute Gasteiger partial charge is 0.497 e. The van der Waals surface area contributed by atoms with Gasteiger partial charge in [0.15, 0.2) is 0 Å². The fourth-order valence-electron chi connectivity index (χ4n) is 1.24. The van der Waals surface area contributed by atoms with Crippen molar-refractivity contribution in [3.63, 3.8) is 0 Å². The van der Waals surface area contributed by atoms with E-state index in [1.54, 1.807) is 37.1 Å². The van der Waals surface area contributed by atoms with Gasteiger partial charge in [0, 0.05) is 10.1 Å². The van der Waals surface area contributed by atoms with E-state index in [0.29, 0.717) is 22.5 Å². The molecule has 0 aliphatic heterocycles. The van der Waals surface area contributed by atoms with E-state index in [0.717, 1.165) is 4.90 Å². The van der Waals surface area contributed by atoms with E-state index >= 15 is 0 Å². The van der Waals surface area contributed by atoms with E-state index < -0.39 is 5.97 Å². The van der Waals surface area contributed by atoms with Crippen molar-refractivity contribution in [1.82, 2.24) is 0 Å². The SMILES string of the molecule is COc1ccc(C(=O)O)c(SC(C)C(C)C)c1. The summed E-state index contributed by atoms with van der Waals surface area (Å²) in [7, 11) is 1.58. The summed E-state index contributed by atoms with van der Waals surface area (Å²) < 4.78 is 5.13. The average Bonchev–Trinajstić information content (AvgIpc) is 2.28. The van der Waals surface area contributed by atoms with Gasteiger partial charge in [-0.15, -0.1) is 11.8 Å². The molecule has 4 heteroatoms. The molecule has 0 saturated carbocycles. The van der Waals surface area contributed by atoms with Crippen LogP contribution in [0.3, 0.4) is 0 Å². The molecule has 17 heavy (non-hydrogen) atoms. The Bertz CT molecular complexity index is 402. The van der Waals surface area contributed by atoms with Crippen molar-refractivity contribution in [2.45, 2.75) is 30.9 Å². The number of hydrogen-bond acceptors (Lipinski definition) is 3. The first-order chi connectivity index (χ1) is 7.95. The van der Waals surface area contributed by atoms with Gasteiger partial charge in [-0.05, 0) is 24.1 Å². The highest BCUT2D eigenvalue weighted by Crippen LogP contribution is 2.33. The first-order valence-corrected chi connectivity index (χ1v) is 6.41. The summed E-state index contributed by atoms with van der Waals surface area (Å²) in [4.78, 5) is 11.9. The lowest BCUT2D eigenvalue weighted by atomic mass is 10.2. The molecule has 0 saturated heterocycles. The second-order valence-electron chi connectivity index (χ2n) is 4.23. The van der Waals surface area contributed by atoms with Gasteiger partial charge >= 0.3 is 5.97 Å². The van der Waals surface area contributed by atoms with Crippen molar-refractivity contribution in [2.75, 3.05) is 7.11 Å². The predicted molar refractivity (Wildman–Crippen MR) is 70.1 cm³/mol. The van der Waals surface area contributed by atoms with Crippen LogP contribution < -0.4 is 4.74 Å². The molecule has 0 aromatic heterocycles. The molecule has 0 radical (unpaired) electrons. The lowest BCUT2D eigenvalue weighted by Crippen LogP contribution is -2.07. The van der Waals surface area contributed by atoms with Gasteiger partial charge in [0.25, 0.3) is 0 Å². The van der Waals surface area contributed by atoms with Crippen LogP contribution >= 0.6 is 11.8 Å². The fourth-order valence-corrected chi connectivity index (χ4v) is 2.38. The minimum Gasteiger partial charge on any atom is -0.497 e. The summed E-state index contributed by atoms with van der Waals surface area (Å²) in [5, 5.41) is 9.49. The van der Waals surface area contributed by atoms with Gasteiger partial charge in [-0.2, -0.15) is 0 Å². The molecule has 94 valence electrons. The number of rotatable bonds is 5. The number of methoxy groups -OCH3 is 1. The summed E-state index contributed by atoms with van der Waals surface area (Å²) in [6.45, 7) is 6.34. The second-order valence-corrected chi connectivity index (χ2v) is 5.65. The smallest absolute Gasteiger partial charge is 0.336 e. The molecule has 0 aliphatic rings. The molecule has 1 rings (SSSR count). The van der Waals surface area contributed by atoms with E-state index in [4.69, 9.17) is 9.84 Å². The van der Waals surface area contributed by atoms with Gasteiger partial charge in [0.1, 0.15) is 5.75 Å². The second kappa shape index (κ2) is 5.96. The number of aromatic carboxylic acids is 1. The summed E-state index contributed by atoms with van der Waals surface area (Å²) in [6, 6.07) is 5.05. The Morgan fingerprint density at radius 1 is 1.35 bits per heavy atom. The first-order valence-electron chi connectivity index (χ1n) is 5.53. The summed E-state index contributed by atoms with van der Waals surface area (Å²) >= 11 is 1.58. The highest BCUT2D eigenvalue weighted by molar-refractivity contribution is 8.00. The van der Waals surface area contributed by atoms with E-state index in [9.17, 15) is 4.79 Å². The van der Waals surface area contributed by atoms with Crippen molar-refractivity contribution < 1.29 is 14.6 Å². The molecule has 1 aromatic rings. The van der Waals surface area contributed by atoms with Crippen molar-refractivity contribution in [3.8, 4) is 5.75 Å². The molecule has 0 aliphatic carbocycles. The van der Waals surface area contributed by atoms with E-state index in [1.165, 1.54) is 0 Å². The zero-order valence-corrected chi connectivity index (χ0v) is 11.4. The zero-order chi connectivity index (χ0) is 13.0. The molecular weight excluding hydrogens is 236 g/mol. The van der Waals surface area contributed by atoms with Gasteiger partial charge in [-0.3, -0.25) is 0 Å². The quantitative estimate of drug-likeness (QED) is 0.816. The monoisotopic (exact) mass is 254 g/mol. The Balaban J connectivity index is 3.05. The Labute approximate surface area is 106 Å². The third-order valence-electron chi connectivity index (χ3n) is 2.67. The molecule has 0 heterocycles. The average molecular weight is 254 g/mol. The third kappa shape index (κ3) is 3.66. The molecule has 1 unspecified atom stereocenters. The molecule has 1 aromatic carbocycles. The van der Waals surface area contributed by atoms with Crippen LogP contribution in [0.1, 0.15) is 31.1 Å². The number of hydrogen-bond donors (Lipinski definition) is 1. The molecule has 0 bridgehead atoms. The Kier molecular flexibility index (Phi) is 4.87. The molecule has 1 N–H and O–H groups in total. The van der Waals surface area contributed by atoms with Gasteiger partial charge in [0.2, 0.25) is 0 Å². The van der Waals surface area contributed by atoms with Gasteiger partial charge in [-0.1, -0.05) is 20.8 Å². The van der Waals surface area contributed by atoms with E-state index in [1.807, 2.05) is 0 Å². The van der Waals surface area contributed by atoms with E-state index in [2.05, 4.69) is 20.8 Å². The normalized spacial score (nSPS) is 12.5. The zero-order valence-electron chi connectivity index (χ0n) is 10.6. The van der Waals surface area contributed by atoms with Gasteiger partial charge in [-0.25, -0.2) is 4.79 Å². The number of thioether (sulfide) groups is 1. The predicted octanol–water partition coefficient (Wildman–Crippen LogP) is 3.53. The van der Waals surface area contributed by atoms with Crippen molar-refractivity contribution in [3.05, 3.63) is 23.8 Å². The number of ether oxygens (including phenoxy) is 1. The number of carbonyl (C=O) groups is 1. The lowest BCUT2D eigenvalue weighted by Gasteiger charge is -2.16. The van der Waals surface area contributed by atoms with Gasteiger partial charge in [0.05, 0.1) is 12.7 Å². The highest BCUT2D eigenvalue weighted by Gasteiger charge is 2.16. The van der Waals surface area contributed by atoms with Crippen molar-refractivity contribution in [2.24, 2.45) is 5.92 Å². The minimum atomic E-state index is -0.897. The summed E-state index contributed by atoms with van der Waals surface area (Å²) in [5.41, 5.74) is 0.336. The topological polar surface area (TPSA) is 46.5 Å². The maximum atomic E-state index is 11.1. The Morgan fingerprint density at radius 3 is 2.47 bits per heavy atom. The van der Waals surface area contributed by atoms with Crippen LogP contribution in [0.2, 0.25) is 0 Å². The third-order valence-corrected chi connectivity index (χ3v) is 4.18. The van der Waals surface area contributed by atoms with Crippen LogP contribution in [0.15, 0.2) is 23.1 Å². The Morgan fingerprint density at radius 2 is 2.00 bits per heavy atom. The standard InChI is InChI=1S/C13H18O3S/c1-8(2)9(3)17-12-7-10(16-4)5-6-11(12)13(14)15/h5-9H,1-4H3,(H,14,15). The van der Waals surface area contributed by atoms with Crippen molar-refractivity contribution >= 4 is 17.7 Å². The van der Waals surface area contributed by atoms with Crippen LogP contribution in [0.25, 0.3) is 0 Å².